The summed E-state index contributed by atoms with van der Waals surface area (Å²) in [5.41, 5.74) is 1.09. The molecule has 2 aromatic rings. The molecule has 0 unspecified atom stereocenters. The second kappa shape index (κ2) is 10.7. The van der Waals surface area contributed by atoms with Crippen LogP contribution in [0.2, 0.25) is 0 Å². The van der Waals surface area contributed by atoms with Crippen LogP contribution >= 0.6 is 11.3 Å². The minimum atomic E-state index is -0.614. The first-order chi connectivity index (χ1) is 14.9. The highest BCUT2D eigenvalue weighted by atomic mass is 32.1. The van der Waals surface area contributed by atoms with Crippen molar-refractivity contribution in [3.05, 3.63) is 47.5 Å². The number of anilines is 1. The number of aromatic nitrogens is 1. The molecule has 0 spiro atoms. The van der Waals surface area contributed by atoms with Crippen LogP contribution in [-0.4, -0.2) is 61.2 Å². The maximum Gasteiger partial charge on any atom is 0.328 e. The maximum atomic E-state index is 13.5. The van der Waals surface area contributed by atoms with Crippen LogP contribution in [-0.2, 0) is 25.7 Å². The second-order valence-electron chi connectivity index (χ2n) is 8.13. The van der Waals surface area contributed by atoms with Gasteiger partial charge in [-0.25, -0.2) is 9.78 Å². The Morgan fingerprint density at radius 2 is 2.03 bits per heavy atom. The highest BCUT2D eigenvalue weighted by molar-refractivity contribution is 7.13. The van der Waals surface area contributed by atoms with Gasteiger partial charge >= 0.3 is 5.97 Å². The molecule has 0 saturated carbocycles. The average molecular weight is 446 g/mol. The summed E-state index contributed by atoms with van der Waals surface area (Å²) in [5, 5.41) is 2.82. The normalized spacial score (nSPS) is 19.5. The molecule has 7 nitrogen and oxygen atoms in total. The minimum Gasteiger partial charge on any atom is -0.467 e. The van der Waals surface area contributed by atoms with Crippen LogP contribution in [0.25, 0.3) is 0 Å². The number of esters is 1. The Hall–Kier alpha value is -2.45. The molecule has 2 heterocycles. The van der Waals surface area contributed by atoms with Crippen molar-refractivity contribution in [2.45, 2.75) is 39.0 Å². The van der Waals surface area contributed by atoms with E-state index in [-0.39, 0.29) is 23.8 Å². The zero-order chi connectivity index (χ0) is 22.4. The number of carbonyl (C=O) groups is 2. The van der Waals surface area contributed by atoms with Gasteiger partial charge in [-0.15, -0.1) is 11.3 Å². The van der Waals surface area contributed by atoms with Gasteiger partial charge in [0.15, 0.2) is 5.13 Å². The standard InChI is InChI=1S/C23H31N3O4S/c1-16(2)20(22(28)29-4)25(3)21(27)18-10-12-26(23-24-11-13-31-23)19(18)15-30-14-17-8-6-5-7-9-17/h5-9,11,13,16,18-20H,10,12,14-15H2,1-4H3/t18-,19+,20-/m0/s1. The van der Waals surface area contributed by atoms with Gasteiger partial charge in [0.05, 0.1) is 32.3 Å². The van der Waals surface area contributed by atoms with E-state index in [0.29, 0.717) is 19.6 Å². The molecule has 1 aromatic heterocycles. The third kappa shape index (κ3) is 5.43. The lowest BCUT2D eigenvalue weighted by molar-refractivity contribution is -0.155. The zero-order valence-corrected chi connectivity index (χ0v) is 19.4. The monoisotopic (exact) mass is 445 g/mol. The Morgan fingerprint density at radius 1 is 1.29 bits per heavy atom. The molecule has 1 amide bonds. The number of hydrogen-bond acceptors (Lipinski definition) is 7. The molecule has 1 saturated heterocycles. The van der Waals surface area contributed by atoms with E-state index in [1.807, 2.05) is 49.6 Å². The van der Waals surface area contributed by atoms with Gasteiger partial charge in [0, 0.05) is 25.2 Å². The third-order valence-corrected chi connectivity index (χ3v) is 6.58. The van der Waals surface area contributed by atoms with Gasteiger partial charge in [-0.2, -0.15) is 0 Å². The lowest BCUT2D eigenvalue weighted by Gasteiger charge is -2.33. The highest BCUT2D eigenvalue weighted by Gasteiger charge is 2.43. The van der Waals surface area contributed by atoms with Crippen molar-refractivity contribution >= 4 is 28.3 Å². The number of likely N-dealkylation sites (N-methyl/N-ethyl adjacent to an activating group) is 1. The molecule has 31 heavy (non-hydrogen) atoms. The van der Waals surface area contributed by atoms with Crippen LogP contribution in [0.1, 0.15) is 25.8 Å². The Labute approximate surface area is 188 Å². The second-order valence-corrected chi connectivity index (χ2v) is 9.01. The van der Waals surface area contributed by atoms with Crippen molar-refractivity contribution in [3.63, 3.8) is 0 Å². The van der Waals surface area contributed by atoms with E-state index < -0.39 is 12.0 Å². The topological polar surface area (TPSA) is 72.0 Å². The summed E-state index contributed by atoms with van der Waals surface area (Å²) < 4.78 is 11.0. The molecule has 3 atom stereocenters. The molecule has 1 aliphatic rings. The third-order valence-electron chi connectivity index (χ3n) is 5.77. The maximum absolute atomic E-state index is 13.5. The number of methoxy groups -OCH3 is 1. The van der Waals surface area contributed by atoms with Crippen LogP contribution in [0.4, 0.5) is 5.13 Å². The highest BCUT2D eigenvalue weighted by Crippen LogP contribution is 2.33. The van der Waals surface area contributed by atoms with E-state index in [2.05, 4.69) is 9.88 Å². The fourth-order valence-corrected chi connectivity index (χ4v) is 4.94. The van der Waals surface area contributed by atoms with E-state index in [0.717, 1.165) is 17.2 Å². The molecule has 3 rings (SSSR count). The van der Waals surface area contributed by atoms with Crippen molar-refractivity contribution in [1.29, 1.82) is 0 Å². The average Bonchev–Trinajstić information content (AvgIpc) is 3.43. The summed E-state index contributed by atoms with van der Waals surface area (Å²) in [6.07, 6.45) is 2.46. The first-order valence-electron chi connectivity index (χ1n) is 10.6. The Kier molecular flexibility index (Phi) is 8.03. The van der Waals surface area contributed by atoms with E-state index in [1.54, 1.807) is 29.5 Å². The number of hydrogen-bond donors (Lipinski definition) is 0. The van der Waals surface area contributed by atoms with E-state index >= 15 is 0 Å². The first-order valence-corrected chi connectivity index (χ1v) is 11.4. The quantitative estimate of drug-likeness (QED) is 0.552. The summed E-state index contributed by atoms with van der Waals surface area (Å²) in [6, 6.07) is 9.22. The van der Waals surface area contributed by atoms with Crippen LogP contribution in [0, 0.1) is 11.8 Å². The number of benzene rings is 1. The Morgan fingerprint density at radius 3 is 2.65 bits per heavy atom. The van der Waals surface area contributed by atoms with Crippen LogP contribution in [0.3, 0.4) is 0 Å². The molecule has 1 aromatic carbocycles. The van der Waals surface area contributed by atoms with Crippen molar-refractivity contribution in [2.75, 3.05) is 32.2 Å². The lowest BCUT2D eigenvalue weighted by atomic mass is 9.96. The smallest absolute Gasteiger partial charge is 0.328 e. The number of thiazole rings is 1. The molecule has 168 valence electrons. The van der Waals surface area contributed by atoms with E-state index in [4.69, 9.17) is 9.47 Å². The number of nitrogens with zero attached hydrogens (tertiary/aromatic N) is 3. The van der Waals surface area contributed by atoms with Gasteiger partial charge in [-0.1, -0.05) is 44.2 Å². The molecule has 1 aliphatic heterocycles. The van der Waals surface area contributed by atoms with E-state index in [1.165, 1.54) is 7.11 Å². The summed E-state index contributed by atoms with van der Waals surface area (Å²) in [4.78, 5) is 34.0. The van der Waals surface area contributed by atoms with E-state index in [9.17, 15) is 9.59 Å². The van der Waals surface area contributed by atoms with Gasteiger partial charge < -0.3 is 19.3 Å². The van der Waals surface area contributed by atoms with Gasteiger partial charge in [0.1, 0.15) is 6.04 Å². The summed E-state index contributed by atoms with van der Waals surface area (Å²) >= 11 is 1.56. The molecule has 0 radical (unpaired) electrons. The molecular weight excluding hydrogens is 414 g/mol. The van der Waals surface area contributed by atoms with Crippen LogP contribution in [0.15, 0.2) is 41.9 Å². The summed E-state index contributed by atoms with van der Waals surface area (Å²) in [5.74, 6) is -0.782. The predicted molar refractivity (Wildman–Crippen MR) is 121 cm³/mol. The molecule has 0 aliphatic carbocycles. The van der Waals surface area contributed by atoms with Gasteiger partial charge in [-0.05, 0) is 17.9 Å². The van der Waals surface area contributed by atoms with Crippen molar-refractivity contribution in [1.82, 2.24) is 9.88 Å². The molecule has 0 bridgehead atoms. The van der Waals surface area contributed by atoms with Crippen molar-refractivity contribution in [2.24, 2.45) is 11.8 Å². The first kappa shape index (κ1) is 23.2. The fourth-order valence-electron chi connectivity index (χ4n) is 4.21. The van der Waals surface area contributed by atoms with Crippen molar-refractivity contribution < 1.29 is 19.1 Å². The number of carbonyl (C=O) groups excluding carboxylic acids is 2. The van der Waals surface area contributed by atoms with Gasteiger partial charge in [0.25, 0.3) is 0 Å². The van der Waals surface area contributed by atoms with Gasteiger partial charge in [-0.3, -0.25) is 4.79 Å². The largest absolute Gasteiger partial charge is 0.467 e. The van der Waals surface area contributed by atoms with Crippen LogP contribution < -0.4 is 4.90 Å². The van der Waals surface area contributed by atoms with Gasteiger partial charge in [0.2, 0.25) is 5.91 Å². The molecular formula is C23H31N3O4S. The van der Waals surface area contributed by atoms with Crippen LogP contribution in [0.5, 0.6) is 0 Å². The molecule has 0 N–H and O–H groups in total. The lowest BCUT2D eigenvalue weighted by Crippen LogP contribution is -2.51. The zero-order valence-electron chi connectivity index (χ0n) is 18.6. The fraction of sp³-hybridized carbons (Fsp3) is 0.522. The minimum absolute atomic E-state index is 0.0503. The molecule has 1 fully saturated rings. The Bertz CT molecular complexity index is 844. The summed E-state index contributed by atoms with van der Waals surface area (Å²) in [6.45, 7) is 5.45. The SMILES string of the molecule is COC(=O)[C@H](C(C)C)N(C)C(=O)[C@H]1CCN(c2nccs2)[C@@H]1COCc1ccccc1. The van der Waals surface area contributed by atoms with Crippen molar-refractivity contribution in [3.8, 4) is 0 Å². The number of rotatable bonds is 9. The predicted octanol–water partition coefficient (Wildman–Crippen LogP) is 3.21. The molecule has 8 heteroatoms. The number of ether oxygens (including phenoxy) is 2. The number of amides is 1. The Balaban J connectivity index is 1.76. The summed E-state index contributed by atoms with van der Waals surface area (Å²) in [7, 11) is 3.05.